The van der Waals surface area contributed by atoms with E-state index < -0.39 is 11.9 Å². The van der Waals surface area contributed by atoms with Crippen molar-refractivity contribution in [2.75, 3.05) is 0 Å². The molecular formula is C15H21NO3S. The van der Waals surface area contributed by atoms with Crippen LogP contribution in [0.5, 0.6) is 0 Å². The number of amides is 1. The molecule has 0 bridgehead atoms. The number of rotatable bonds is 3. The molecule has 0 aliphatic heterocycles. The van der Waals surface area contributed by atoms with E-state index in [1.54, 1.807) is 0 Å². The molecule has 20 heavy (non-hydrogen) atoms. The zero-order valence-electron chi connectivity index (χ0n) is 11.9. The first-order chi connectivity index (χ1) is 9.49. The molecule has 1 heterocycles. The molecule has 1 aromatic heterocycles. The minimum absolute atomic E-state index is 0.135. The molecule has 2 N–H and O–H groups in total. The molecule has 0 radical (unpaired) electrons. The van der Waals surface area contributed by atoms with E-state index in [4.69, 9.17) is 0 Å². The van der Waals surface area contributed by atoms with Crippen LogP contribution in [0.1, 0.15) is 52.2 Å². The average molecular weight is 295 g/mol. The summed E-state index contributed by atoms with van der Waals surface area (Å²) in [6.07, 6.45) is 4.37. The van der Waals surface area contributed by atoms with Crippen molar-refractivity contribution in [2.45, 2.75) is 52.0 Å². The normalized spacial score (nSPS) is 23.1. The van der Waals surface area contributed by atoms with Gasteiger partial charge in [0.1, 0.15) is 0 Å². The molecule has 1 aromatic rings. The summed E-state index contributed by atoms with van der Waals surface area (Å²) in [5.74, 6) is -1.39. The number of aryl methyl sites for hydroxylation is 2. The molecule has 110 valence electrons. The van der Waals surface area contributed by atoms with Gasteiger partial charge in [0.2, 0.25) is 0 Å². The minimum Gasteiger partial charge on any atom is -0.481 e. The molecule has 5 heteroatoms. The Hall–Kier alpha value is -1.36. The molecule has 0 aromatic carbocycles. The lowest BCUT2D eigenvalue weighted by atomic mass is 9.95. The Morgan fingerprint density at radius 1 is 1.25 bits per heavy atom. The van der Waals surface area contributed by atoms with Crippen LogP contribution in [0.4, 0.5) is 0 Å². The number of hydrogen-bond donors (Lipinski definition) is 2. The number of carbonyl (C=O) groups excluding carboxylic acids is 1. The van der Waals surface area contributed by atoms with Gasteiger partial charge in [-0.2, -0.15) is 0 Å². The number of nitrogens with one attached hydrogen (secondary N) is 1. The van der Waals surface area contributed by atoms with Crippen molar-refractivity contribution in [1.82, 2.24) is 5.32 Å². The summed E-state index contributed by atoms with van der Waals surface area (Å²) in [7, 11) is 0. The van der Waals surface area contributed by atoms with Crippen molar-refractivity contribution >= 4 is 23.2 Å². The van der Waals surface area contributed by atoms with Gasteiger partial charge in [0, 0.05) is 10.9 Å². The van der Waals surface area contributed by atoms with Crippen LogP contribution in [0.2, 0.25) is 0 Å². The summed E-state index contributed by atoms with van der Waals surface area (Å²) in [6.45, 7) is 3.97. The Bertz CT molecular complexity index is 490. The Balaban J connectivity index is 2.09. The molecule has 2 atom stereocenters. The van der Waals surface area contributed by atoms with Gasteiger partial charge in [-0.1, -0.05) is 19.3 Å². The third-order valence-corrected chi connectivity index (χ3v) is 5.19. The molecule has 0 saturated heterocycles. The molecule has 4 nitrogen and oxygen atoms in total. The standard InChI is InChI=1S/C15H21NO3S/c1-9-8-13(20-10(9)2)14(17)16-12-7-5-3-4-6-11(12)15(18)19/h8,11-12H,3-7H2,1-2H3,(H,16,17)(H,18,19). The van der Waals surface area contributed by atoms with E-state index in [1.165, 1.54) is 11.3 Å². The van der Waals surface area contributed by atoms with Gasteiger partial charge in [0.05, 0.1) is 10.8 Å². The van der Waals surface area contributed by atoms with Crippen LogP contribution in [0, 0.1) is 19.8 Å². The smallest absolute Gasteiger partial charge is 0.308 e. The van der Waals surface area contributed by atoms with Crippen LogP contribution < -0.4 is 5.32 Å². The van der Waals surface area contributed by atoms with Crippen LogP contribution in [0.25, 0.3) is 0 Å². The van der Waals surface area contributed by atoms with E-state index in [2.05, 4.69) is 5.32 Å². The zero-order valence-corrected chi connectivity index (χ0v) is 12.8. The van der Waals surface area contributed by atoms with Crippen LogP contribution >= 0.6 is 11.3 Å². The summed E-state index contributed by atoms with van der Waals surface area (Å²) >= 11 is 1.47. The van der Waals surface area contributed by atoms with E-state index >= 15 is 0 Å². The highest BCUT2D eigenvalue weighted by Gasteiger charge is 2.31. The largest absolute Gasteiger partial charge is 0.481 e. The molecular weight excluding hydrogens is 274 g/mol. The molecule has 2 unspecified atom stereocenters. The first kappa shape index (κ1) is 15.0. The van der Waals surface area contributed by atoms with E-state index in [9.17, 15) is 14.7 Å². The van der Waals surface area contributed by atoms with Gasteiger partial charge in [0.25, 0.3) is 5.91 Å². The molecule has 1 aliphatic carbocycles. The van der Waals surface area contributed by atoms with E-state index in [0.717, 1.165) is 36.1 Å². The molecule has 2 rings (SSSR count). The van der Waals surface area contributed by atoms with Crippen molar-refractivity contribution < 1.29 is 14.7 Å². The fraction of sp³-hybridized carbons (Fsp3) is 0.600. The molecule has 1 amide bonds. The van der Waals surface area contributed by atoms with Crippen LogP contribution in [0.3, 0.4) is 0 Å². The fourth-order valence-electron chi connectivity index (χ4n) is 2.70. The number of thiophene rings is 1. The highest BCUT2D eigenvalue weighted by molar-refractivity contribution is 7.14. The third kappa shape index (κ3) is 3.39. The monoisotopic (exact) mass is 295 g/mol. The van der Waals surface area contributed by atoms with Gasteiger partial charge in [0.15, 0.2) is 0 Å². The molecule has 0 spiro atoms. The quantitative estimate of drug-likeness (QED) is 0.842. The third-order valence-electron chi connectivity index (χ3n) is 4.04. The maximum absolute atomic E-state index is 12.3. The minimum atomic E-state index is -0.796. The summed E-state index contributed by atoms with van der Waals surface area (Å²) in [5, 5.41) is 12.3. The number of aliphatic carboxylic acids is 1. The highest BCUT2D eigenvalue weighted by atomic mass is 32.1. The van der Waals surface area contributed by atoms with E-state index in [0.29, 0.717) is 11.3 Å². The summed E-state index contributed by atoms with van der Waals surface area (Å²) in [4.78, 5) is 25.4. The maximum atomic E-state index is 12.3. The highest BCUT2D eigenvalue weighted by Crippen LogP contribution is 2.25. The van der Waals surface area contributed by atoms with Gasteiger partial charge < -0.3 is 10.4 Å². The van der Waals surface area contributed by atoms with Crippen LogP contribution in [-0.4, -0.2) is 23.0 Å². The molecule has 1 fully saturated rings. The van der Waals surface area contributed by atoms with Gasteiger partial charge >= 0.3 is 5.97 Å². The predicted octanol–water partition coefficient (Wildman–Crippen LogP) is 3.13. The lowest BCUT2D eigenvalue weighted by molar-refractivity contribution is -0.142. The second-order valence-electron chi connectivity index (χ2n) is 5.51. The topological polar surface area (TPSA) is 66.4 Å². The van der Waals surface area contributed by atoms with E-state index in [1.807, 2.05) is 19.9 Å². The number of carboxylic acids is 1. The predicted molar refractivity (Wildman–Crippen MR) is 79.3 cm³/mol. The second kappa shape index (κ2) is 6.39. The summed E-state index contributed by atoms with van der Waals surface area (Å²) < 4.78 is 0. The first-order valence-electron chi connectivity index (χ1n) is 7.09. The van der Waals surface area contributed by atoms with Crippen molar-refractivity contribution in [2.24, 2.45) is 5.92 Å². The van der Waals surface area contributed by atoms with Gasteiger partial charge in [-0.15, -0.1) is 11.3 Å². The number of carboxylic acid groups (broad SMARTS) is 1. The Kier molecular flexibility index (Phi) is 4.81. The number of hydrogen-bond acceptors (Lipinski definition) is 3. The number of carbonyl (C=O) groups is 2. The first-order valence-corrected chi connectivity index (χ1v) is 7.91. The van der Waals surface area contributed by atoms with Crippen LogP contribution in [0.15, 0.2) is 6.07 Å². The van der Waals surface area contributed by atoms with Crippen molar-refractivity contribution in [3.63, 3.8) is 0 Å². The van der Waals surface area contributed by atoms with Gasteiger partial charge in [-0.3, -0.25) is 9.59 Å². The zero-order chi connectivity index (χ0) is 14.7. The Labute approximate surface area is 123 Å². The SMILES string of the molecule is Cc1cc(C(=O)NC2CCCCCC2C(=O)O)sc1C. The fourth-order valence-corrected chi connectivity index (χ4v) is 3.64. The molecule has 1 aliphatic rings. The van der Waals surface area contributed by atoms with Gasteiger partial charge in [-0.05, 0) is 38.3 Å². The lowest BCUT2D eigenvalue weighted by Gasteiger charge is -2.22. The van der Waals surface area contributed by atoms with Crippen molar-refractivity contribution in [1.29, 1.82) is 0 Å². The van der Waals surface area contributed by atoms with Crippen molar-refractivity contribution in [3.05, 3.63) is 21.4 Å². The Morgan fingerprint density at radius 2 is 1.95 bits per heavy atom. The second-order valence-corrected chi connectivity index (χ2v) is 6.77. The lowest BCUT2D eigenvalue weighted by Crippen LogP contribution is -2.42. The van der Waals surface area contributed by atoms with Gasteiger partial charge in [-0.25, -0.2) is 0 Å². The maximum Gasteiger partial charge on any atom is 0.308 e. The van der Waals surface area contributed by atoms with Crippen molar-refractivity contribution in [3.8, 4) is 0 Å². The molecule has 1 saturated carbocycles. The summed E-state index contributed by atoms with van der Waals surface area (Å²) in [5.41, 5.74) is 1.11. The van der Waals surface area contributed by atoms with E-state index in [-0.39, 0.29) is 11.9 Å². The average Bonchev–Trinajstić information content (AvgIpc) is 2.62. The Morgan fingerprint density at radius 3 is 2.55 bits per heavy atom. The summed E-state index contributed by atoms with van der Waals surface area (Å²) in [6, 6.07) is 1.63. The van der Waals surface area contributed by atoms with Crippen LogP contribution in [-0.2, 0) is 4.79 Å².